The van der Waals surface area contributed by atoms with E-state index in [0.29, 0.717) is 19.0 Å². The summed E-state index contributed by atoms with van der Waals surface area (Å²) in [6.45, 7) is 2.38. The third kappa shape index (κ3) is 4.03. The van der Waals surface area contributed by atoms with Gasteiger partial charge in [-0.1, -0.05) is 6.07 Å². The number of carbonyl (C=O) groups is 1. The zero-order chi connectivity index (χ0) is 13.8. The minimum atomic E-state index is -0.481. The van der Waals surface area contributed by atoms with E-state index in [0.717, 1.165) is 5.56 Å². The van der Waals surface area contributed by atoms with Gasteiger partial charge in [-0.25, -0.2) is 0 Å². The molecule has 6 heteroatoms. The van der Waals surface area contributed by atoms with E-state index in [4.69, 9.17) is 0 Å². The lowest BCUT2D eigenvalue weighted by Gasteiger charge is -2.07. The number of carbonyl (C=O) groups excluding carboxylic acids is 1. The Bertz CT molecular complexity index is 498. The average molecular weight is 263 g/mol. The van der Waals surface area contributed by atoms with Gasteiger partial charge in [0.1, 0.15) is 5.69 Å². The maximum absolute atomic E-state index is 11.7. The number of hydrogen-bond donors (Lipinski definition) is 2. The van der Waals surface area contributed by atoms with E-state index in [1.807, 2.05) is 0 Å². The lowest BCUT2D eigenvalue weighted by atomic mass is 10.2. The number of nitrogens with one attached hydrogen (secondary N) is 2. The molecule has 1 aromatic carbocycles. The number of nitrogens with zero attached hydrogens (tertiary/aromatic N) is 1. The van der Waals surface area contributed by atoms with Crippen LogP contribution in [0.5, 0.6) is 0 Å². The van der Waals surface area contributed by atoms with Crippen molar-refractivity contribution in [3.8, 4) is 0 Å². The summed E-state index contributed by atoms with van der Waals surface area (Å²) < 4.78 is 0. The van der Waals surface area contributed by atoms with Crippen molar-refractivity contribution in [2.75, 3.05) is 11.9 Å². The minimum Gasteiger partial charge on any atom is -0.320 e. The van der Waals surface area contributed by atoms with Gasteiger partial charge in [-0.2, -0.15) is 0 Å². The van der Waals surface area contributed by atoms with E-state index in [2.05, 4.69) is 10.6 Å². The minimum absolute atomic E-state index is 0.0662. The van der Waals surface area contributed by atoms with E-state index >= 15 is 0 Å². The summed E-state index contributed by atoms with van der Waals surface area (Å²) in [4.78, 5) is 22.1. The molecule has 2 N–H and O–H groups in total. The summed E-state index contributed by atoms with van der Waals surface area (Å²) >= 11 is 0. The van der Waals surface area contributed by atoms with Crippen molar-refractivity contribution < 1.29 is 9.72 Å². The molecule has 0 aromatic heterocycles. The van der Waals surface area contributed by atoms with Crippen LogP contribution in [-0.4, -0.2) is 23.4 Å². The Morgan fingerprint density at radius 2 is 2.21 bits per heavy atom. The van der Waals surface area contributed by atoms with E-state index in [-0.39, 0.29) is 17.3 Å². The van der Waals surface area contributed by atoms with Crippen molar-refractivity contribution in [1.29, 1.82) is 0 Å². The molecule has 0 bridgehead atoms. The molecule has 19 heavy (non-hydrogen) atoms. The number of rotatable bonds is 6. The summed E-state index contributed by atoms with van der Waals surface area (Å²) in [6, 6.07) is 5.32. The first-order valence-corrected chi connectivity index (χ1v) is 6.34. The third-order valence-corrected chi connectivity index (χ3v) is 2.99. The lowest BCUT2D eigenvalue weighted by Crippen LogP contribution is -2.23. The predicted octanol–water partition coefficient (Wildman–Crippen LogP) is 1.98. The Morgan fingerprint density at radius 1 is 1.47 bits per heavy atom. The monoisotopic (exact) mass is 263 g/mol. The van der Waals surface area contributed by atoms with Crippen LogP contribution in [0.2, 0.25) is 0 Å². The molecule has 1 aliphatic rings. The molecule has 0 heterocycles. The van der Waals surface area contributed by atoms with Gasteiger partial charge in [0.15, 0.2) is 0 Å². The fourth-order valence-electron chi connectivity index (χ4n) is 1.79. The van der Waals surface area contributed by atoms with Crippen molar-refractivity contribution in [3.63, 3.8) is 0 Å². The molecule has 0 unspecified atom stereocenters. The molecule has 0 atom stereocenters. The summed E-state index contributed by atoms with van der Waals surface area (Å²) in [6.07, 6.45) is 2.66. The summed E-state index contributed by atoms with van der Waals surface area (Å²) in [5.74, 6) is -0.208. The standard InChI is InChI=1S/C13H17N3O3/c1-9-2-5-11(12(8-9)16(18)19)15-13(17)6-7-14-10-3-4-10/h2,5,8,10,14H,3-4,6-7H2,1H3,(H,15,17). The zero-order valence-electron chi connectivity index (χ0n) is 10.8. The molecule has 2 rings (SSSR count). The summed E-state index contributed by atoms with van der Waals surface area (Å²) in [7, 11) is 0. The largest absolute Gasteiger partial charge is 0.320 e. The first-order valence-electron chi connectivity index (χ1n) is 6.34. The highest BCUT2D eigenvalue weighted by Gasteiger charge is 2.20. The van der Waals surface area contributed by atoms with Crippen LogP contribution < -0.4 is 10.6 Å². The second kappa shape index (κ2) is 5.79. The van der Waals surface area contributed by atoms with Crippen LogP contribution in [-0.2, 0) is 4.79 Å². The van der Waals surface area contributed by atoms with Crippen LogP contribution in [0.3, 0.4) is 0 Å². The molecule has 6 nitrogen and oxygen atoms in total. The molecule has 1 aliphatic carbocycles. The van der Waals surface area contributed by atoms with Crippen molar-refractivity contribution >= 4 is 17.3 Å². The SMILES string of the molecule is Cc1ccc(NC(=O)CCNC2CC2)c([N+](=O)[O-])c1. The quantitative estimate of drug-likeness (QED) is 0.607. The molecule has 1 amide bonds. The number of hydrogen-bond acceptors (Lipinski definition) is 4. The highest BCUT2D eigenvalue weighted by Crippen LogP contribution is 2.25. The molecule has 102 valence electrons. The molecule has 0 aliphatic heterocycles. The Labute approximate surface area is 111 Å². The van der Waals surface area contributed by atoms with Gasteiger partial charge in [0.05, 0.1) is 4.92 Å². The molecular weight excluding hydrogens is 246 g/mol. The van der Waals surface area contributed by atoms with Crippen molar-refractivity contribution in [2.45, 2.75) is 32.2 Å². The maximum Gasteiger partial charge on any atom is 0.293 e. The number of benzene rings is 1. The van der Waals surface area contributed by atoms with Gasteiger partial charge >= 0.3 is 0 Å². The first-order chi connectivity index (χ1) is 9.06. The van der Waals surface area contributed by atoms with Crippen LogP contribution >= 0.6 is 0 Å². The van der Waals surface area contributed by atoms with Gasteiger partial charge in [0.25, 0.3) is 5.69 Å². The van der Waals surface area contributed by atoms with Crippen LogP contribution in [0.25, 0.3) is 0 Å². The highest BCUT2D eigenvalue weighted by atomic mass is 16.6. The lowest BCUT2D eigenvalue weighted by molar-refractivity contribution is -0.384. The van der Waals surface area contributed by atoms with Crippen LogP contribution in [0.1, 0.15) is 24.8 Å². The summed E-state index contributed by atoms with van der Waals surface area (Å²) in [5.41, 5.74) is 0.982. The van der Waals surface area contributed by atoms with Gasteiger partial charge < -0.3 is 10.6 Å². The normalized spacial score (nSPS) is 14.2. The van der Waals surface area contributed by atoms with Gasteiger partial charge in [-0.15, -0.1) is 0 Å². The van der Waals surface area contributed by atoms with Crippen molar-refractivity contribution in [3.05, 3.63) is 33.9 Å². The van der Waals surface area contributed by atoms with Crippen LogP contribution in [0.4, 0.5) is 11.4 Å². The topological polar surface area (TPSA) is 84.3 Å². The summed E-state index contributed by atoms with van der Waals surface area (Å²) in [5, 5.41) is 16.7. The zero-order valence-corrected chi connectivity index (χ0v) is 10.8. The third-order valence-electron chi connectivity index (χ3n) is 2.99. The molecular formula is C13H17N3O3. The predicted molar refractivity (Wildman–Crippen MR) is 72.1 cm³/mol. The number of nitro benzene ring substituents is 1. The second-order valence-corrected chi connectivity index (χ2v) is 4.80. The number of amides is 1. The number of aryl methyl sites for hydroxylation is 1. The first kappa shape index (κ1) is 13.5. The molecule has 0 saturated heterocycles. The fourth-order valence-corrected chi connectivity index (χ4v) is 1.79. The molecule has 1 saturated carbocycles. The molecule has 0 radical (unpaired) electrons. The Morgan fingerprint density at radius 3 is 2.84 bits per heavy atom. The van der Waals surface area contributed by atoms with Gasteiger partial charge in [-0.3, -0.25) is 14.9 Å². The van der Waals surface area contributed by atoms with Crippen molar-refractivity contribution in [2.24, 2.45) is 0 Å². The molecule has 1 aromatic rings. The second-order valence-electron chi connectivity index (χ2n) is 4.80. The Kier molecular flexibility index (Phi) is 4.11. The highest BCUT2D eigenvalue weighted by molar-refractivity contribution is 5.93. The van der Waals surface area contributed by atoms with E-state index in [1.165, 1.54) is 18.9 Å². The van der Waals surface area contributed by atoms with Crippen molar-refractivity contribution in [1.82, 2.24) is 5.32 Å². The smallest absolute Gasteiger partial charge is 0.293 e. The van der Waals surface area contributed by atoms with Gasteiger partial charge in [0, 0.05) is 25.1 Å². The number of nitro groups is 1. The Balaban J connectivity index is 1.93. The van der Waals surface area contributed by atoms with Gasteiger partial charge in [-0.05, 0) is 31.4 Å². The maximum atomic E-state index is 11.7. The van der Waals surface area contributed by atoms with E-state index in [9.17, 15) is 14.9 Å². The Hall–Kier alpha value is -1.95. The van der Waals surface area contributed by atoms with E-state index < -0.39 is 4.92 Å². The average Bonchev–Trinajstić information content (AvgIpc) is 3.15. The number of anilines is 1. The molecule has 0 spiro atoms. The van der Waals surface area contributed by atoms with Crippen LogP contribution in [0, 0.1) is 17.0 Å². The molecule has 1 fully saturated rings. The van der Waals surface area contributed by atoms with E-state index in [1.54, 1.807) is 19.1 Å². The fraction of sp³-hybridized carbons (Fsp3) is 0.462. The van der Waals surface area contributed by atoms with Gasteiger partial charge in [0.2, 0.25) is 5.91 Å². The van der Waals surface area contributed by atoms with Crippen LogP contribution in [0.15, 0.2) is 18.2 Å².